The number of aryl methyl sites for hydroxylation is 1. The van der Waals surface area contributed by atoms with Crippen LogP contribution in [0.25, 0.3) is 0 Å². The molecular formula is C19H20N4O3. The Hall–Kier alpha value is -3.35. The van der Waals surface area contributed by atoms with E-state index < -0.39 is 0 Å². The van der Waals surface area contributed by atoms with E-state index in [1.54, 1.807) is 48.1 Å². The zero-order valence-electron chi connectivity index (χ0n) is 14.6. The van der Waals surface area contributed by atoms with Crippen molar-refractivity contribution in [3.05, 3.63) is 66.4 Å². The van der Waals surface area contributed by atoms with Gasteiger partial charge in [0.25, 0.3) is 5.91 Å². The van der Waals surface area contributed by atoms with Gasteiger partial charge >= 0.3 is 0 Å². The van der Waals surface area contributed by atoms with Gasteiger partial charge in [-0.2, -0.15) is 5.10 Å². The van der Waals surface area contributed by atoms with Gasteiger partial charge in [0.05, 0.1) is 18.0 Å². The molecule has 0 radical (unpaired) electrons. The van der Waals surface area contributed by atoms with Gasteiger partial charge in [-0.3, -0.25) is 14.3 Å². The number of amides is 2. The van der Waals surface area contributed by atoms with E-state index in [-0.39, 0.29) is 17.7 Å². The summed E-state index contributed by atoms with van der Waals surface area (Å²) in [5.74, 6) is 0.119. The number of hydrogen-bond acceptors (Lipinski definition) is 4. The summed E-state index contributed by atoms with van der Waals surface area (Å²) in [6.07, 6.45) is 4.92. The molecule has 3 aromatic rings. The molecule has 2 heterocycles. The number of hydrogen-bond donors (Lipinski definition) is 2. The maximum absolute atomic E-state index is 12.3. The molecule has 7 nitrogen and oxygen atoms in total. The molecule has 0 saturated heterocycles. The fraction of sp³-hybridized carbons (Fsp3) is 0.211. The van der Waals surface area contributed by atoms with Gasteiger partial charge in [0, 0.05) is 23.8 Å². The van der Waals surface area contributed by atoms with Crippen molar-refractivity contribution in [1.29, 1.82) is 0 Å². The number of nitrogens with zero attached hydrogens (tertiary/aromatic N) is 2. The second kappa shape index (κ2) is 7.69. The summed E-state index contributed by atoms with van der Waals surface area (Å²) in [4.78, 5) is 24.3. The van der Waals surface area contributed by atoms with Crippen LogP contribution < -0.4 is 10.6 Å². The summed E-state index contributed by atoms with van der Waals surface area (Å²) < 4.78 is 6.85. The average Bonchev–Trinajstić information content (AvgIpc) is 3.28. The summed E-state index contributed by atoms with van der Waals surface area (Å²) in [6.45, 7) is 4.14. The molecule has 3 rings (SSSR count). The molecule has 7 heteroatoms. The van der Waals surface area contributed by atoms with Crippen molar-refractivity contribution in [2.75, 3.05) is 10.6 Å². The molecule has 0 bridgehead atoms. The van der Waals surface area contributed by atoms with Crippen LogP contribution in [0, 0.1) is 12.8 Å². The number of anilines is 2. The van der Waals surface area contributed by atoms with Gasteiger partial charge in [-0.25, -0.2) is 0 Å². The molecule has 0 fully saturated rings. The molecule has 2 aromatic heterocycles. The molecule has 0 aliphatic rings. The third kappa shape index (κ3) is 4.38. The normalized spacial score (nSPS) is 11.8. The maximum Gasteiger partial charge on any atom is 0.258 e. The molecule has 2 amide bonds. The lowest BCUT2D eigenvalue weighted by molar-refractivity contribution is -0.119. The first-order chi connectivity index (χ1) is 12.5. The van der Waals surface area contributed by atoms with E-state index in [9.17, 15) is 9.59 Å². The fourth-order valence-electron chi connectivity index (χ4n) is 2.44. The summed E-state index contributed by atoms with van der Waals surface area (Å²) in [5, 5.41) is 9.74. The van der Waals surface area contributed by atoms with Crippen molar-refractivity contribution in [1.82, 2.24) is 9.78 Å². The summed E-state index contributed by atoms with van der Waals surface area (Å²) in [5.41, 5.74) is 1.77. The second-order valence-corrected chi connectivity index (χ2v) is 6.10. The number of nitrogens with one attached hydrogen (secondary N) is 2. The Kier molecular flexibility index (Phi) is 5.17. The first-order valence-corrected chi connectivity index (χ1v) is 8.26. The number of carbonyl (C=O) groups excluding carboxylic acids is 2. The highest BCUT2D eigenvalue weighted by Crippen LogP contribution is 2.16. The van der Waals surface area contributed by atoms with E-state index >= 15 is 0 Å². The molecule has 0 aliphatic heterocycles. The zero-order valence-corrected chi connectivity index (χ0v) is 14.6. The van der Waals surface area contributed by atoms with E-state index in [1.807, 2.05) is 19.2 Å². The molecule has 0 saturated carbocycles. The Morgan fingerprint density at radius 2 is 1.88 bits per heavy atom. The number of furan rings is 1. The van der Waals surface area contributed by atoms with E-state index in [2.05, 4.69) is 15.7 Å². The van der Waals surface area contributed by atoms with Gasteiger partial charge < -0.3 is 15.1 Å². The van der Waals surface area contributed by atoms with Crippen LogP contribution in [0.2, 0.25) is 0 Å². The van der Waals surface area contributed by atoms with Crippen LogP contribution in [0.3, 0.4) is 0 Å². The third-order valence-electron chi connectivity index (χ3n) is 3.87. The van der Waals surface area contributed by atoms with E-state index in [0.29, 0.717) is 29.2 Å². The van der Waals surface area contributed by atoms with Crippen LogP contribution in [0.5, 0.6) is 0 Å². The minimum atomic E-state index is -0.244. The monoisotopic (exact) mass is 352 g/mol. The quantitative estimate of drug-likeness (QED) is 0.712. The summed E-state index contributed by atoms with van der Waals surface area (Å²) >= 11 is 0. The minimum Gasteiger partial charge on any atom is -0.469 e. The van der Waals surface area contributed by atoms with Crippen molar-refractivity contribution >= 4 is 23.2 Å². The van der Waals surface area contributed by atoms with Gasteiger partial charge in [-0.1, -0.05) is 6.92 Å². The van der Waals surface area contributed by atoms with E-state index in [0.717, 1.165) is 0 Å². The van der Waals surface area contributed by atoms with Gasteiger partial charge in [-0.05, 0) is 43.3 Å². The summed E-state index contributed by atoms with van der Waals surface area (Å²) in [7, 11) is 0. The predicted molar refractivity (Wildman–Crippen MR) is 97.9 cm³/mol. The lowest BCUT2D eigenvalue weighted by Gasteiger charge is -2.13. The van der Waals surface area contributed by atoms with Crippen molar-refractivity contribution < 1.29 is 14.0 Å². The van der Waals surface area contributed by atoms with Gasteiger partial charge in [0.1, 0.15) is 12.0 Å². The van der Waals surface area contributed by atoms with Crippen LogP contribution in [0.1, 0.15) is 23.0 Å². The number of rotatable bonds is 6. The molecule has 0 aliphatic carbocycles. The standard InChI is InChI=1S/C19H20N4O3/c1-13(11-23-9-3-8-20-23)18(24)21-16-4-6-17(7-5-16)22-19(25)15-10-14(2)26-12-15/h3-10,12-13H,11H2,1-2H3,(H,21,24)(H,22,25)/t13-/m1/s1. The Labute approximate surface area is 151 Å². The van der Waals surface area contributed by atoms with Crippen molar-refractivity contribution in [3.8, 4) is 0 Å². The Balaban J connectivity index is 1.55. The Morgan fingerprint density at radius 1 is 1.19 bits per heavy atom. The highest BCUT2D eigenvalue weighted by molar-refractivity contribution is 6.04. The smallest absolute Gasteiger partial charge is 0.258 e. The third-order valence-corrected chi connectivity index (χ3v) is 3.87. The second-order valence-electron chi connectivity index (χ2n) is 6.10. The van der Waals surface area contributed by atoms with Crippen molar-refractivity contribution in [3.63, 3.8) is 0 Å². The van der Waals surface area contributed by atoms with Gasteiger partial charge in [-0.15, -0.1) is 0 Å². The number of carbonyl (C=O) groups is 2. The highest BCUT2D eigenvalue weighted by atomic mass is 16.3. The largest absolute Gasteiger partial charge is 0.469 e. The first kappa shape index (κ1) is 17.5. The number of benzene rings is 1. The highest BCUT2D eigenvalue weighted by Gasteiger charge is 2.14. The predicted octanol–water partition coefficient (Wildman–Crippen LogP) is 3.31. The molecule has 0 spiro atoms. The molecule has 134 valence electrons. The Morgan fingerprint density at radius 3 is 2.46 bits per heavy atom. The molecule has 1 aromatic carbocycles. The maximum atomic E-state index is 12.3. The lowest BCUT2D eigenvalue weighted by atomic mass is 10.1. The average molecular weight is 352 g/mol. The van der Waals surface area contributed by atoms with Gasteiger partial charge in [0.2, 0.25) is 5.91 Å². The SMILES string of the molecule is Cc1cc(C(=O)Nc2ccc(NC(=O)[C@H](C)Cn3cccn3)cc2)co1. The summed E-state index contributed by atoms with van der Waals surface area (Å²) in [6, 6.07) is 10.5. The molecule has 0 unspecified atom stereocenters. The van der Waals surface area contributed by atoms with Crippen LogP contribution in [-0.4, -0.2) is 21.6 Å². The molecular weight excluding hydrogens is 332 g/mol. The minimum absolute atomic E-state index is 0.0915. The lowest BCUT2D eigenvalue weighted by Crippen LogP contribution is -2.24. The number of aromatic nitrogens is 2. The zero-order chi connectivity index (χ0) is 18.5. The van der Waals surface area contributed by atoms with E-state index in [4.69, 9.17) is 4.42 Å². The molecule has 1 atom stereocenters. The van der Waals surface area contributed by atoms with Crippen LogP contribution in [0.15, 0.2) is 59.5 Å². The fourth-order valence-corrected chi connectivity index (χ4v) is 2.44. The Bertz CT molecular complexity index is 882. The van der Waals surface area contributed by atoms with Crippen LogP contribution in [-0.2, 0) is 11.3 Å². The first-order valence-electron chi connectivity index (χ1n) is 8.26. The topological polar surface area (TPSA) is 89.2 Å². The van der Waals surface area contributed by atoms with E-state index in [1.165, 1.54) is 6.26 Å². The van der Waals surface area contributed by atoms with Crippen molar-refractivity contribution in [2.45, 2.75) is 20.4 Å². The van der Waals surface area contributed by atoms with Crippen molar-refractivity contribution in [2.24, 2.45) is 5.92 Å². The molecule has 26 heavy (non-hydrogen) atoms. The van der Waals surface area contributed by atoms with Crippen LogP contribution in [0.4, 0.5) is 11.4 Å². The molecule has 2 N–H and O–H groups in total. The van der Waals surface area contributed by atoms with Crippen LogP contribution >= 0.6 is 0 Å². The van der Waals surface area contributed by atoms with Gasteiger partial charge in [0.15, 0.2) is 0 Å².